The number of aliphatic imine (C=N–C) groups is 1. The smallest absolute Gasteiger partial charge is 0.255 e. The molecule has 0 aliphatic rings. The number of hydrogen-bond donors (Lipinski definition) is 0. The summed E-state index contributed by atoms with van der Waals surface area (Å²) in [5.41, 5.74) is 0.128. The van der Waals surface area contributed by atoms with Crippen LogP contribution in [0.4, 0.5) is 18.9 Å². The number of alkyl halides is 3. The zero-order chi connectivity index (χ0) is 13.0. The third kappa shape index (κ3) is 3.16. The largest absolute Gasteiger partial charge is 0.416 e. The summed E-state index contributed by atoms with van der Waals surface area (Å²) in [7, 11) is 0. The van der Waals surface area contributed by atoms with E-state index in [1.807, 2.05) is 0 Å². The van der Waals surface area contributed by atoms with Crippen LogP contribution in [0, 0.1) is 0 Å². The Bertz CT molecular complexity index is 548. The Balaban J connectivity index is 2.23. The molecule has 92 valence electrons. The molecule has 0 saturated heterocycles. The normalized spacial score (nSPS) is 11.9. The van der Waals surface area contributed by atoms with Gasteiger partial charge in [0, 0.05) is 6.20 Å². The van der Waals surface area contributed by atoms with Crippen molar-refractivity contribution in [3.05, 3.63) is 59.9 Å². The van der Waals surface area contributed by atoms with Gasteiger partial charge in [-0.15, -0.1) is 0 Å². The molecule has 0 atom stereocenters. The van der Waals surface area contributed by atoms with Crippen molar-refractivity contribution < 1.29 is 13.2 Å². The second kappa shape index (κ2) is 5.00. The van der Waals surface area contributed by atoms with Crippen molar-refractivity contribution in [1.82, 2.24) is 4.98 Å². The van der Waals surface area contributed by atoms with E-state index in [9.17, 15) is 13.2 Å². The van der Waals surface area contributed by atoms with Crippen molar-refractivity contribution in [1.29, 1.82) is 0 Å². The summed E-state index contributed by atoms with van der Waals surface area (Å²) in [6.07, 6.45) is -1.33. The van der Waals surface area contributed by atoms with Crippen molar-refractivity contribution >= 4 is 11.9 Å². The van der Waals surface area contributed by atoms with Crippen molar-refractivity contribution in [2.75, 3.05) is 0 Å². The van der Waals surface area contributed by atoms with E-state index in [4.69, 9.17) is 0 Å². The van der Waals surface area contributed by atoms with Crippen LogP contribution in [0.15, 0.2) is 53.7 Å². The first-order valence-corrected chi connectivity index (χ1v) is 5.18. The zero-order valence-electron chi connectivity index (χ0n) is 9.22. The number of halogens is 3. The first-order valence-electron chi connectivity index (χ1n) is 5.18. The molecule has 0 bridgehead atoms. The minimum atomic E-state index is -4.35. The topological polar surface area (TPSA) is 25.2 Å². The number of benzene rings is 1. The van der Waals surface area contributed by atoms with Crippen molar-refractivity contribution in [3.8, 4) is 0 Å². The number of nitrogens with zero attached hydrogens (tertiary/aromatic N) is 2. The molecule has 5 heteroatoms. The SMILES string of the molecule is FC(F)(F)c1cccc(N=Cc2ccccn2)c1. The standard InChI is InChI=1S/C13H9F3N2/c14-13(15,16)10-4-3-6-11(8-10)18-9-12-5-1-2-7-17-12/h1-9H. The Hall–Kier alpha value is -2.17. The van der Waals surface area contributed by atoms with Crippen LogP contribution in [-0.2, 0) is 6.18 Å². The quantitative estimate of drug-likeness (QED) is 0.743. The van der Waals surface area contributed by atoms with E-state index >= 15 is 0 Å². The zero-order valence-corrected chi connectivity index (χ0v) is 9.22. The van der Waals surface area contributed by atoms with Crippen LogP contribution in [0.2, 0.25) is 0 Å². The first-order chi connectivity index (χ1) is 8.55. The fourth-order valence-corrected chi connectivity index (χ4v) is 1.36. The van der Waals surface area contributed by atoms with Crippen LogP contribution in [0.5, 0.6) is 0 Å². The lowest BCUT2D eigenvalue weighted by Crippen LogP contribution is -2.03. The molecule has 0 spiro atoms. The summed E-state index contributed by atoms with van der Waals surface area (Å²) in [5.74, 6) is 0. The molecule has 2 nitrogen and oxygen atoms in total. The first kappa shape index (κ1) is 12.3. The van der Waals surface area contributed by atoms with Gasteiger partial charge in [-0.3, -0.25) is 9.98 Å². The summed E-state index contributed by atoms with van der Waals surface area (Å²) in [6.45, 7) is 0. The molecular weight excluding hydrogens is 241 g/mol. The van der Waals surface area contributed by atoms with E-state index in [2.05, 4.69) is 9.98 Å². The van der Waals surface area contributed by atoms with Crippen molar-refractivity contribution in [2.24, 2.45) is 4.99 Å². The molecule has 2 aromatic rings. The Morgan fingerprint density at radius 2 is 1.89 bits per heavy atom. The lowest BCUT2D eigenvalue weighted by atomic mass is 10.2. The molecule has 2 rings (SSSR count). The van der Waals surface area contributed by atoms with Gasteiger partial charge in [0.05, 0.1) is 23.2 Å². The maximum atomic E-state index is 12.5. The van der Waals surface area contributed by atoms with Gasteiger partial charge in [0.15, 0.2) is 0 Å². The number of pyridine rings is 1. The predicted molar refractivity (Wildman–Crippen MR) is 62.9 cm³/mol. The molecule has 0 saturated carbocycles. The van der Waals surface area contributed by atoms with E-state index in [0.717, 1.165) is 12.1 Å². The third-order valence-electron chi connectivity index (χ3n) is 2.21. The molecule has 0 unspecified atom stereocenters. The molecule has 0 fully saturated rings. The van der Waals surface area contributed by atoms with Crippen molar-refractivity contribution in [2.45, 2.75) is 6.18 Å². The van der Waals surface area contributed by atoms with Crippen LogP contribution in [0.3, 0.4) is 0 Å². The molecule has 0 aliphatic carbocycles. The summed E-state index contributed by atoms with van der Waals surface area (Å²) < 4.78 is 37.4. The van der Waals surface area contributed by atoms with Crippen LogP contribution in [0.25, 0.3) is 0 Å². The number of rotatable bonds is 2. The summed E-state index contributed by atoms with van der Waals surface area (Å²) in [4.78, 5) is 7.96. The van der Waals surface area contributed by atoms with Gasteiger partial charge < -0.3 is 0 Å². The Kier molecular flexibility index (Phi) is 3.41. The Morgan fingerprint density at radius 1 is 1.06 bits per heavy atom. The molecule has 1 heterocycles. The van der Waals surface area contributed by atoms with E-state index < -0.39 is 11.7 Å². The molecule has 1 aromatic heterocycles. The maximum absolute atomic E-state index is 12.5. The molecule has 1 aromatic carbocycles. The van der Waals surface area contributed by atoms with Crippen LogP contribution >= 0.6 is 0 Å². The average Bonchev–Trinajstić information content (AvgIpc) is 2.37. The Morgan fingerprint density at radius 3 is 2.56 bits per heavy atom. The van der Waals surface area contributed by atoms with Crippen LogP contribution < -0.4 is 0 Å². The molecule has 0 N–H and O–H groups in total. The van der Waals surface area contributed by atoms with Gasteiger partial charge in [0.25, 0.3) is 0 Å². The van der Waals surface area contributed by atoms with E-state index in [1.54, 1.807) is 24.4 Å². The molecule has 18 heavy (non-hydrogen) atoms. The summed E-state index contributed by atoms with van der Waals surface area (Å²) in [5, 5.41) is 0. The highest BCUT2D eigenvalue weighted by molar-refractivity contribution is 5.79. The molecule has 0 aliphatic heterocycles. The van der Waals surface area contributed by atoms with Gasteiger partial charge in [0.2, 0.25) is 0 Å². The monoisotopic (exact) mass is 250 g/mol. The fraction of sp³-hybridized carbons (Fsp3) is 0.0769. The summed E-state index contributed by atoms with van der Waals surface area (Å²) in [6, 6.07) is 10.1. The fourth-order valence-electron chi connectivity index (χ4n) is 1.36. The maximum Gasteiger partial charge on any atom is 0.416 e. The minimum Gasteiger partial charge on any atom is -0.255 e. The van der Waals surface area contributed by atoms with E-state index in [-0.39, 0.29) is 5.69 Å². The number of aromatic nitrogens is 1. The van der Waals surface area contributed by atoms with E-state index in [0.29, 0.717) is 5.69 Å². The second-order valence-electron chi connectivity index (χ2n) is 3.56. The molecule has 0 amide bonds. The van der Waals surface area contributed by atoms with Crippen LogP contribution in [-0.4, -0.2) is 11.2 Å². The number of hydrogen-bond acceptors (Lipinski definition) is 2. The lowest BCUT2D eigenvalue weighted by Gasteiger charge is -2.06. The third-order valence-corrected chi connectivity index (χ3v) is 2.21. The average molecular weight is 250 g/mol. The predicted octanol–water partition coefficient (Wildman–Crippen LogP) is 3.85. The highest BCUT2D eigenvalue weighted by Gasteiger charge is 2.30. The minimum absolute atomic E-state index is 0.246. The van der Waals surface area contributed by atoms with E-state index in [1.165, 1.54) is 18.3 Å². The van der Waals surface area contributed by atoms with Crippen molar-refractivity contribution in [3.63, 3.8) is 0 Å². The van der Waals surface area contributed by atoms with Crippen LogP contribution in [0.1, 0.15) is 11.3 Å². The lowest BCUT2D eigenvalue weighted by molar-refractivity contribution is -0.137. The molecular formula is C13H9F3N2. The van der Waals surface area contributed by atoms with Gasteiger partial charge in [-0.25, -0.2) is 0 Å². The Labute approximate surface area is 102 Å². The second-order valence-corrected chi connectivity index (χ2v) is 3.56. The van der Waals surface area contributed by atoms with Gasteiger partial charge in [-0.05, 0) is 30.3 Å². The van der Waals surface area contributed by atoms with Gasteiger partial charge in [-0.2, -0.15) is 13.2 Å². The van der Waals surface area contributed by atoms with Gasteiger partial charge >= 0.3 is 6.18 Å². The summed E-state index contributed by atoms with van der Waals surface area (Å²) >= 11 is 0. The van der Waals surface area contributed by atoms with Gasteiger partial charge in [-0.1, -0.05) is 12.1 Å². The highest BCUT2D eigenvalue weighted by Crippen LogP contribution is 2.31. The van der Waals surface area contributed by atoms with Gasteiger partial charge in [0.1, 0.15) is 0 Å². The molecule has 0 radical (unpaired) electrons. The highest BCUT2D eigenvalue weighted by atomic mass is 19.4.